The fourth-order valence-corrected chi connectivity index (χ4v) is 5.02. The number of hydrogen-bond acceptors (Lipinski definition) is 4. The molecule has 0 spiro atoms. The Morgan fingerprint density at radius 1 is 1.10 bits per heavy atom. The van der Waals surface area contributed by atoms with E-state index < -0.39 is 0 Å². The fraction of sp³-hybridized carbons (Fsp3) is 0.462. The van der Waals surface area contributed by atoms with Crippen molar-refractivity contribution in [2.24, 2.45) is 0 Å². The third-order valence-corrected chi connectivity index (χ3v) is 6.55. The summed E-state index contributed by atoms with van der Waals surface area (Å²) in [4.78, 5) is 4.82. The highest BCUT2D eigenvalue weighted by molar-refractivity contribution is 5.39. The molecule has 0 saturated carbocycles. The highest BCUT2D eigenvalue weighted by Gasteiger charge is 2.49. The van der Waals surface area contributed by atoms with Crippen molar-refractivity contribution in [2.45, 2.75) is 37.4 Å². The second kappa shape index (κ2) is 10.4. The molecule has 0 unspecified atom stereocenters. The predicted molar refractivity (Wildman–Crippen MR) is 120 cm³/mol. The quantitative estimate of drug-likeness (QED) is 0.751. The van der Waals surface area contributed by atoms with Gasteiger partial charge >= 0.3 is 0 Å². The van der Waals surface area contributed by atoms with E-state index in [2.05, 4.69) is 45.9 Å². The second-order valence-electron chi connectivity index (χ2n) is 8.47. The molecule has 164 valence electrons. The first kappa shape index (κ1) is 22.0. The summed E-state index contributed by atoms with van der Waals surface area (Å²) >= 11 is 0. The Morgan fingerprint density at radius 3 is 2.61 bits per heavy atom. The Kier molecular flexibility index (Phi) is 7.37. The summed E-state index contributed by atoms with van der Waals surface area (Å²) < 4.78 is 19.2. The molecule has 1 N–H and O–H groups in total. The lowest BCUT2D eigenvalue weighted by Gasteiger charge is -2.57. The van der Waals surface area contributed by atoms with Crippen molar-refractivity contribution >= 4 is 0 Å². The van der Waals surface area contributed by atoms with Crippen LogP contribution in [0.1, 0.15) is 35.4 Å². The Balaban J connectivity index is 1.51. The maximum absolute atomic E-state index is 14.2. The molecule has 0 aromatic heterocycles. The number of benzene rings is 2. The molecule has 2 aromatic rings. The maximum Gasteiger partial charge on any atom is 0.127 e. The maximum atomic E-state index is 14.2. The van der Waals surface area contributed by atoms with Crippen molar-refractivity contribution < 1.29 is 14.2 Å². The molecule has 0 aliphatic carbocycles. The van der Waals surface area contributed by atoms with Gasteiger partial charge in [-0.25, -0.2) is 4.39 Å². The number of aliphatic hydroxyl groups is 1. The highest BCUT2D eigenvalue weighted by Crippen LogP contribution is 2.42. The molecule has 0 amide bonds. The zero-order valence-corrected chi connectivity index (χ0v) is 18.1. The average molecular weight is 423 g/mol. The summed E-state index contributed by atoms with van der Waals surface area (Å²) in [6, 6.07) is 15.9. The number of aliphatic hydroxyl groups excluding tert-OH is 1. The van der Waals surface area contributed by atoms with Gasteiger partial charge in [-0.05, 0) is 49.7 Å². The standard InChI is InChI=1S/C26H31FN2O2/c1-31-16-6-7-20-10-12-21(13-11-20)26-24-18-28(17-22-8-2-3-9-23(22)27)14-4-5-15-29(24)25(26)19-30/h2-3,8-13,24-26,30H,4-5,14-19H2,1H3/t24-,25+,26-/m1/s1. The van der Waals surface area contributed by atoms with E-state index in [9.17, 15) is 9.50 Å². The van der Waals surface area contributed by atoms with Crippen LogP contribution in [0, 0.1) is 17.7 Å². The van der Waals surface area contributed by atoms with Crippen LogP contribution in [0.25, 0.3) is 0 Å². The Hall–Kier alpha value is -2.23. The van der Waals surface area contributed by atoms with E-state index >= 15 is 0 Å². The summed E-state index contributed by atoms with van der Waals surface area (Å²) in [6.45, 7) is 4.08. The molecule has 4 rings (SSSR count). The van der Waals surface area contributed by atoms with Gasteiger partial charge in [0.2, 0.25) is 0 Å². The van der Waals surface area contributed by atoms with E-state index in [0.717, 1.165) is 43.6 Å². The fourth-order valence-electron chi connectivity index (χ4n) is 5.02. The van der Waals surface area contributed by atoms with Gasteiger partial charge < -0.3 is 9.84 Å². The number of nitrogens with zero attached hydrogens (tertiary/aromatic N) is 2. The lowest BCUT2D eigenvalue weighted by atomic mass is 9.74. The van der Waals surface area contributed by atoms with Crippen LogP contribution in [0.5, 0.6) is 0 Å². The van der Waals surface area contributed by atoms with Crippen LogP contribution in [0.4, 0.5) is 4.39 Å². The van der Waals surface area contributed by atoms with Gasteiger partial charge in [-0.3, -0.25) is 9.80 Å². The lowest BCUT2D eigenvalue weighted by Crippen LogP contribution is -2.67. The van der Waals surface area contributed by atoms with Crippen molar-refractivity contribution in [3.63, 3.8) is 0 Å². The van der Waals surface area contributed by atoms with Gasteiger partial charge in [-0.1, -0.05) is 42.2 Å². The number of hydrogen-bond donors (Lipinski definition) is 1. The zero-order chi connectivity index (χ0) is 21.6. The Labute approximate surface area is 184 Å². The van der Waals surface area contributed by atoms with Gasteiger partial charge in [-0.15, -0.1) is 0 Å². The van der Waals surface area contributed by atoms with Gasteiger partial charge in [0.05, 0.1) is 6.61 Å². The average Bonchev–Trinajstić information content (AvgIpc) is 2.77. The van der Waals surface area contributed by atoms with Crippen molar-refractivity contribution in [3.05, 3.63) is 71.0 Å². The minimum absolute atomic E-state index is 0.134. The summed E-state index contributed by atoms with van der Waals surface area (Å²) in [7, 11) is 1.64. The molecule has 0 radical (unpaired) electrons. The van der Waals surface area contributed by atoms with Crippen molar-refractivity contribution in [2.75, 3.05) is 40.0 Å². The van der Waals surface area contributed by atoms with Crippen LogP contribution in [0.15, 0.2) is 48.5 Å². The zero-order valence-electron chi connectivity index (χ0n) is 18.1. The smallest absolute Gasteiger partial charge is 0.127 e. The van der Waals surface area contributed by atoms with Crippen LogP contribution < -0.4 is 0 Å². The summed E-state index contributed by atoms with van der Waals surface area (Å²) in [6.07, 6.45) is 2.19. The van der Waals surface area contributed by atoms with Gasteiger partial charge in [0.15, 0.2) is 0 Å². The summed E-state index contributed by atoms with van der Waals surface area (Å²) in [5.74, 6) is 6.23. The topological polar surface area (TPSA) is 35.9 Å². The van der Waals surface area contributed by atoms with E-state index in [1.165, 1.54) is 11.6 Å². The molecule has 3 atom stereocenters. The van der Waals surface area contributed by atoms with Crippen LogP contribution >= 0.6 is 0 Å². The van der Waals surface area contributed by atoms with Gasteiger partial charge in [0, 0.05) is 49.3 Å². The number of halogens is 1. The van der Waals surface area contributed by atoms with Crippen LogP contribution in [-0.2, 0) is 11.3 Å². The number of fused-ring (bicyclic) bond motifs is 1. The monoisotopic (exact) mass is 422 g/mol. The highest BCUT2D eigenvalue weighted by atomic mass is 19.1. The molecule has 31 heavy (non-hydrogen) atoms. The first-order valence-corrected chi connectivity index (χ1v) is 11.1. The Bertz CT molecular complexity index is 921. The van der Waals surface area contributed by atoms with Gasteiger partial charge in [-0.2, -0.15) is 0 Å². The normalized spacial score (nSPS) is 24.3. The van der Waals surface area contributed by atoms with Crippen LogP contribution in [0.3, 0.4) is 0 Å². The van der Waals surface area contributed by atoms with Crippen LogP contribution in [0.2, 0.25) is 0 Å². The molecule has 0 bridgehead atoms. The van der Waals surface area contributed by atoms with E-state index in [-0.39, 0.29) is 24.4 Å². The number of rotatable bonds is 5. The molecule has 2 aromatic carbocycles. The molecular formula is C26H31FN2O2. The SMILES string of the molecule is COCC#Cc1ccc([C@@H]2[C@H]3CN(Cc4ccccc4F)CCCCN3[C@H]2CO)cc1. The molecule has 4 nitrogen and oxygen atoms in total. The minimum Gasteiger partial charge on any atom is -0.395 e. The van der Waals surface area contributed by atoms with E-state index in [1.54, 1.807) is 13.2 Å². The minimum atomic E-state index is -0.134. The third kappa shape index (κ3) is 4.99. The van der Waals surface area contributed by atoms with Crippen molar-refractivity contribution in [1.82, 2.24) is 9.80 Å². The van der Waals surface area contributed by atoms with Gasteiger partial charge in [0.1, 0.15) is 12.4 Å². The third-order valence-electron chi connectivity index (χ3n) is 6.55. The van der Waals surface area contributed by atoms with E-state index in [0.29, 0.717) is 19.2 Å². The van der Waals surface area contributed by atoms with Crippen LogP contribution in [-0.4, -0.2) is 66.9 Å². The number of methoxy groups -OCH3 is 1. The summed E-state index contributed by atoms with van der Waals surface area (Å²) in [5.41, 5.74) is 2.96. The molecule has 2 aliphatic heterocycles. The molecule has 2 saturated heterocycles. The molecular weight excluding hydrogens is 391 g/mol. The summed E-state index contributed by atoms with van der Waals surface area (Å²) in [5, 5.41) is 10.1. The van der Waals surface area contributed by atoms with Gasteiger partial charge in [0.25, 0.3) is 0 Å². The number of ether oxygens (including phenoxy) is 1. The van der Waals surface area contributed by atoms with Crippen molar-refractivity contribution in [3.8, 4) is 11.8 Å². The largest absolute Gasteiger partial charge is 0.395 e. The van der Waals surface area contributed by atoms with E-state index in [1.807, 2.05) is 12.1 Å². The molecule has 2 heterocycles. The van der Waals surface area contributed by atoms with E-state index in [4.69, 9.17) is 4.74 Å². The Morgan fingerprint density at radius 2 is 1.87 bits per heavy atom. The second-order valence-corrected chi connectivity index (χ2v) is 8.47. The molecule has 2 fully saturated rings. The van der Waals surface area contributed by atoms with Crippen molar-refractivity contribution in [1.29, 1.82) is 0 Å². The predicted octanol–water partition coefficient (Wildman–Crippen LogP) is 3.25. The first-order valence-electron chi connectivity index (χ1n) is 11.1. The molecule has 2 aliphatic rings. The molecule has 5 heteroatoms. The first-order chi connectivity index (χ1) is 15.2. The lowest BCUT2D eigenvalue weighted by molar-refractivity contribution is -0.0656.